The summed E-state index contributed by atoms with van der Waals surface area (Å²) >= 11 is 0. The maximum Gasteiger partial charge on any atom is 0.416 e. The average molecular weight is 528 g/mol. The molecular formula is C30H36F3N3O2. The van der Waals surface area contributed by atoms with Crippen LogP contribution in [0.2, 0.25) is 0 Å². The Morgan fingerprint density at radius 3 is 2.47 bits per heavy atom. The molecule has 0 bridgehead atoms. The fourth-order valence-electron chi connectivity index (χ4n) is 6.46. The molecule has 8 heteroatoms. The molecule has 2 fully saturated rings. The van der Waals surface area contributed by atoms with Crippen molar-refractivity contribution in [3.63, 3.8) is 0 Å². The Bertz CT molecular complexity index is 1240. The first-order valence-electron chi connectivity index (χ1n) is 13.6. The van der Waals surface area contributed by atoms with Crippen LogP contribution in [-0.4, -0.2) is 52.8 Å². The Balaban J connectivity index is 1.49. The third kappa shape index (κ3) is 4.67. The molecule has 2 aromatic carbocycles. The van der Waals surface area contributed by atoms with E-state index in [9.17, 15) is 22.8 Å². The lowest BCUT2D eigenvalue weighted by Crippen LogP contribution is -2.57. The molecule has 0 saturated carbocycles. The Hall–Kier alpha value is -3.03. The van der Waals surface area contributed by atoms with Crippen molar-refractivity contribution in [3.8, 4) is 0 Å². The minimum atomic E-state index is -4.47. The quantitative estimate of drug-likeness (QED) is 0.457. The summed E-state index contributed by atoms with van der Waals surface area (Å²) in [6.45, 7) is 6.38. The summed E-state index contributed by atoms with van der Waals surface area (Å²) in [7, 11) is 1.67. The summed E-state index contributed by atoms with van der Waals surface area (Å²) in [5.41, 5.74) is 4.07. The van der Waals surface area contributed by atoms with Crippen LogP contribution in [0.25, 0.3) is 0 Å². The van der Waals surface area contributed by atoms with Gasteiger partial charge in [0.2, 0.25) is 5.91 Å². The number of fused-ring (bicyclic) bond motifs is 2. The van der Waals surface area contributed by atoms with Crippen molar-refractivity contribution in [1.82, 2.24) is 14.7 Å². The molecule has 2 heterocycles. The molecule has 1 aliphatic carbocycles. The van der Waals surface area contributed by atoms with Gasteiger partial charge in [0.15, 0.2) is 0 Å². The molecule has 5 nitrogen and oxygen atoms in total. The number of aryl methyl sites for hydroxylation is 1. The van der Waals surface area contributed by atoms with Gasteiger partial charge in [-0.3, -0.25) is 4.79 Å². The Morgan fingerprint density at radius 2 is 1.76 bits per heavy atom. The van der Waals surface area contributed by atoms with Gasteiger partial charge in [-0.1, -0.05) is 38.1 Å². The van der Waals surface area contributed by atoms with Gasteiger partial charge in [-0.2, -0.15) is 13.2 Å². The van der Waals surface area contributed by atoms with Crippen molar-refractivity contribution in [2.45, 2.75) is 83.1 Å². The maximum atomic E-state index is 14.1. The SMILES string of the molecule is CC(C)c1cc([C@@H](C)N(C)C(=O)N2CCN3C(=O)CC[C@H]3[C@@H]2c2cccc3c2CCC3)cc(C(F)(F)F)c1. The van der Waals surface area contributed by atoms with Crippen molar-refractivity contribution >= 4 is 11.9 Å². The molecule has 0 N–H and O–H groups in total. The average Bonchev–Trinajstić information content (AvgIpc) is 3.52. The second-order valence-electron chi connectivity index (χ2n) is 11.3. The van der Waals surface area contributed by atoms with Crippen molar-refractivity contribution in [1.29, 1.82) is 0 Å². The lowest BCUT2D eigenvalue weighted by atomic mass is 9.89. The van der Waals surface area contributed by atoms with Crippen LogP contribution in [0.1, 0.15) is 91.4 Å². The van der Waals surface area contributed by atoms with Crippen molar-refractivity contribution < 1.29 is 22.8 Å². The molecule has 2 aromatic rings. The molecule has 0 aromatic heterocycles. The Labute approximate surface area is 222 Å². The molecule has 3 aliphatic rings. The van der Waals surface area contributed by atoms with E-state index in [0.717, 1.165) is 30.9 Å². The molecular weight excluding hydrogens is 491 g/mol. The van der Waals surface area contributed by atoms with Gasteiger partial charge in [-0.25, -0.2) is 4.79 Å². The van der Waals surface area contributed by atoms with Gasteiger partial charge in [-0.15, -0.1) is 0 Å². The highest BCUT2D eigenvalue weighted by Crippen LogP contribution is 2.42. The number of halogens is 3. The second-order valence-corrected chi connectivity index (χ2v) is 11.3. The number of alkyl halides is 3. The summed E-state index contributed by atoms with van der Waals surface area (Å²) in [5.74, 6) is 0.0494. The number of piperazine rings is 1. The molecule has 3 amide bonds. The number of hydrogen-bond donors (Lipinski definition) is 0. The number of nitrogens with zero attached hydrogens (tertiary/aromatic N) is 3. The number of hydrogen-bond acceptors (Lipinski definition) is 2. The van der Waals surface area contributed by atoms with Gasteiger partial charge < -0.3 is 14.7 Å². The molecule has 204 valence electrons. The highest BCUT2D eigenvalue weighted by molar-refractivity contribution is 5.81. The van der Waals surface area contributed by atoms with E-state index in [1.165, 1.54) is 17.2 Å². The van der Waals surface area contributed by atoms with Crippen LogP contribution in [0.15, 0.2) is 36.4 Å². The Morgan fingerprint density at radius 1 is 1.03 bits per heavy atom. The van der Waals surface area contributed by atoms with E-state index >= 15 is 0 Å². The second kappa shape index (κ2) is 9.93. The van der Waals surface area contributed by atoms with E-state index < -0.39 is 17.8 Å². The van der Waals surface area contributed by atoms with Gasteiger partial charge >= 0.3 is 12.2 Å². The molecule has 3 atom stereocenters. The minimum Gasteiger partial charge on any atom is -0.335 e. The lowest BCUT2D eigenvalue weighted by molar-refractivity contribution is -0.137. The molecule has 0 radical (unpaired) electrons. The van der Waals surface area contributed by atoms with E-state index in [-0.39, 0.29) is 29.9 Å². The Kier molecular flexibility index (Phi) is 6.95. The van der Waals surface area contributed by atoms with Gasteiger partial charge in [0.05, 0.1) is 23.7 Å². The molecule has 38 heavy (non-hydrogen) atoms. The number of urea groups is 1. The van der Waals surface area contributed by atoms with Gasteiger partial charge in [0.25, 0.3) is 0 Å². The van der Waals surface area contributed by atoms with Crippen molar-refractivity contribution in [2.75, 3.05) is 20.1 Å². The topological polar surface area (TPSA) is 43.9 Å². The first-order chi connectivity index (χ1) is 18.0. The maximum absolute atomic E-state index is 14.1. The molecule has 2 saturated heterocycles. The standard InChI is InChI=1S/C30H36F3N3O2/c1-18(2)21-15-22(17-23(16-21)30(31,32)33)19(3)34(4)29(38)36-14-13-35-26(11-12-27(35)37)28(36)25-10-6-8-20-7-5-9-24(20)25/h6,8,10,15-19,26,28H,5,7,9,11-14H2,1-4H3/t19-,26+,28+/m1/s1. The van der Waals surface area contributed by atoms with Gasteiger partial charge in [-0.05, 0) is 78.5 Å². The van der Waals surface area contributed by atoms with Crippen LogP contribution in [0.5, 0.6) is 0 Å². The van der Waals surface area contributed by atoms with Gasteiger partial charge in [0, 0.05) is 26.6 Å². The van der Waals surface area contributed by atoms with E-state index in [0.29, 0.717) is 37.1 Å². The number of amides is 3. The minimum absolute atomic E-state index is 0.0817. The van der Waals surface area contributed by atoms with Crippen molar-refractivity contribution in [3.05, 3.63) is 69.8 Å². The highest BCUT2D eigenvalue weighted by atomic mass is 19.4. The van der Waals surface area contributed by atoms with Crippen LogP contribution in [0.4, 0.5) is 18.0 Å². The van der Waals surface area contributed by atoms with E-state index in [1.807, 2.05) is 29.7 Å². The summed E-state index contributed by atoms with van der Waals surface area (Å²) in [4.78, 5) is 32.1. The zero-order chi connectivity index (χ0) is 27.4. The lowest BCUT2D eigenvalue weighted by Gasteiger charge is -2.47. The fraction of sp³-hybridized carbons (Fsp3) is 0.533. The van der Waals surface area contributed by atoms with Crippen LogP contribution < -0.4 is 0 Å². The number of rotatable bonds is 4. The first kappa shape index (κ1) is 26.6. The number of benzene rings is 2. The summed E-state index contributed by atoms with van der Waals surface area (Å²) in [6.07, 6.45) is -0.244. The summed E-state index contributed by atoms with van der Waals surface area (Å²) in [6, 6.07) is 9.28. The first-order valence-corrected chi connectivity index (χ1v) is 13.6. The zero-order valence-corrected chi connectivity index (χ0v) is 22.5. The predicted molar refractivity (Wildman–Crippen MR) is 140 cm³/mol. The third-order valence-electron chi connectivity index (χ3n) is 8.74. The van der Waals surface area contributed by atoms with Crippen LogP contribution in [0, 0.1) is 0 Å². The van der Waals surface area contributed by atoms with E-state index in [4.69, 9.17) is 0 Å². The summed E-state index contributed by atoms with van der Waals surface area (Å²) < 4.78 is 41.1. The molecule has 0 unspecified atom stereocenters. The van der Waals surface area contributed by atoms with Crippen LogP contribution >= 0.6 is 0 Å². The monoisotopic (exact) mass is 527 g/mol. The number of carbonyl (C=O) groups excluding carboxylic acids is 2. The van der Waals surface area contributed by atoms with E-state index in [2.05, 4.69) is 12.1 Å². The smallest absolute Gasteiger partial charge is 0.335 e. The third-order valence-corrected chi connectivity index (χ3v) is 8.74. The predicted octanol–water partition coefficient (Wildman–Crippen LogP) is 6.48. The van der Waals surface area contributed by atoms with Crippen LogP contribution in [0.3, 0.4) is 0 Å². The summed E-state index contributed by atoms with van der Waals surface area (Å²) in [5, 5.41) is 0. The largest absolute Gasteiger partial charge is 0.416 e. The molecule has 2 aliphatic heterocycles. The normalized spacial score (nSPS) is 22.1. The van der Waals surface area contributed by atoms with Gasteiger partial charge in [0.1, 0.15) is 0 Å². The molecule has 5 rings (SSSR count). The fourth-order valence-corrected chi connectivity index (χ4v) is 6.46. The van der Waals surface area contributed by atoms with E-state index in [1.54, 1.807) is 24.9 Å². The number of carbonyl (C=O) groups is 2. The molecule has 0 spiro atoms. The highest BCUT2D eigenvalue weighted by Gasteiger charge is 2.47. The van der Waals surface area contributed by atoms with Crippen molar-refractivity contribution in [2.24, 2.45) is 0 Å². The zero-order valence-electron chi connectivity index (χ0n) is 22.5. The van der Waals surface area contributed by atoms with Crippen LogP contribution in [-0.2, 0) is 23.8 Å².